The highest BCUT2D eigenvalue weighted by molar-refractivity contribution is 7.23. The zero-order chi connectivity index (χ0) is 29.1. The highest BCUT2D eigenvalue weighted by Crippen LogP contribution is 2.43. The molecule has 1 amide bonds. The fraction of sp³-hybridized carbons (Fsp3) is 0.111. The number of carbonyl (C=O) groups excluding carboxylic acids is 1. The van der Waals surface area contributed by atoms with Gasteiger partial charge in [0.1, 0.15) is 20.9 Å². The highest BCUT2D eigenvalue weighted by atomic mass is 35.5. The zero-order valence-electron chi connectivity index (χ0n) is 21.8. The summed E-state index contributed by atoms with van der Waals surface area (Å²) in [5.74, 6) is 1.50. The Hall–Kier alpha value is -4.10. The van der Waals surface area contributed by atoms with Crippen molar-refractivity contribution in [1.82, 2.24) is 15.0 Å². The fourth-order valence-electron chi connectivity index (χ4n) is 3.83. The van der Waals surface area contributed by atoms with Gasteiger partial charge in [0, 0.05) is 40.6 Å². The number of hydrogen-bond donors (Lipinski definition) is 3. The van der Waals surface area contributed by atoms with Crippen molar-refractivity contribution >= 4 is 74.1 Å². The van der Waals surface area contributed by atoms with Crippen molar-refractivity contribution in [1.29, 1.82) is 0 Å². The van der Waals surface area contributed by atoms with E-state index in [1.165, 1.54) is 34.9 Å². The summed E-state index contributed by atoms with van der Waals surface area (Å²) in [6.07, 6.45) is 1.37. The minimum Gasteiger partial charge on any atom is -0.493 e. The van der Waals surface area contributed by atoms with Crippen LogP contribution in [0.5, 0.6) is 17.2 Å². The van der Waals surface area contributed by atoms with Crippen molar-refractivity contribution in [2.75, 3.05) is 37.7 Å². The minimum absolute atomic E-state index is 0.134. The first-order valence-corrected chi connectivity index (χ1v) is 14.3. The van der Waals surface area contributed by atoms with Crippen LogP contribution < -0.4 is 30.6 Å². The summed E-state index contributed by atoms with van der Waals surface area (Å²) in [5, 5.41) is 9.64. The summed E-state index contributed by atoms with van der Waals surface area (Å²) in [6, 6.07) is 12.4. The number of halogens is 2. The predicted octanol–water partition coefficient (Wildman–Crippen LogP) is 7.24. The van der Waals surface area contributed by atoms with Gasteiger partial charge in [-0.2, -0.15) is 0 Å². The molecule has 41 heavy (non-hydrogen) atoms. The first-order valence-electron chi connectivity index (χ1n) is 11.8. The van der Waals surface area contributed by atoms with Gasteiger partial charge in [0.05, 0.1) is 37.6 Å². The number of anilines is 4. The van der Waals surface area contributed by atoms with E-state index in [2.05, 4.69) is 20.6 Å². The van der Waals surface area contributed by atoms with Crippen LogP contribution in [0.2, 0.25) is 10.2 Å². The summed E-state index contributed by atoms with van der Waals surface area (Å²) in [7, 11) is 4.65. The average molecular weight is 630 g/mol. The van der Waals surface area contributed by atoms with Gasteiger partial charge in [-0.15, -0.1) is 11.3 Å². The third kappa shape index (κ3) is 6.15. The molecule has 0 saturated carbocycles. The van der Waals surface area contributed by atoms with Crippen LogP contribution in [0.25, 0.3) is 21.1 Å². The molecule has 210 valence electrons. The number of rotatable bonds is 9. The Morgan fingerprint density at radius 3 is 2.41 bits per heavy atom. The molecule has 0 spiro atoms. The van der Waals surface area contributed by atoms with Gasteiger partial charge < -0.3 is 30.6 Å². The number of nitrogen functional groups attached to an aromatic ring is 1. The number of nitrogens with two attached hydrogens (primary N) is 1. The molecule has 0 bridgehead atoms. The number of amides is 1. The molecule has 0 saturated heterocycles. The molecule has 14 heteroatoms. The van der Waals surface area contributed by atoms with E-state index < -0.39 is 0 Å². The lowest BCUT2D eigenvalue weighted by atomic mass is 10.1. The topological polar surface area (TPSA) is 134 Å². The van der Waals surface area contributed by atoms with Gasteiger partial charge in [0.15, 0.2) is 16.6 Å². The normalized spacial score (nSPS) is 10.8. The van der Waals surface area contributed by atoms with E-state index in [4.69, 9.17) is 48.1 Å². The smallest absolute Gasteiger partial charge is 0.257 e. The maximum Gasteiger partial charge on any atom is 0.257 e. The fourth-order valence-corrected chi connectivity index (χ4v) is 5.93. The lowest BCUT2D eigenvalue weighted by molar-refractivity contribution is 0.102. The Kier molecular flexibility index (Phi) is 8.45. The van der Waals surface area contributed by atoms with Crippen molar-refractivity contribution in [3.05, 3.63) is 69.8 Å². The molecule has 0 aliphatic carbocycles. The molecule has 4 N–H and O–H groups in total. The Labute approximate surface area is 253 Å². The van der Waals surface area contributed by atoms with Crippen LogP contribution in [0.4, 0.5) is 22.3 Å². The van der Waals surface area contributed by atoms with Crippen LogP contribution in [0.15, 0.2) is 54.0 Å². The summed E-state index contributed by atoms with van der Waals surface area (Å²) in [6.45, 7) is 0. The number of ether oxygens (including phenoxy) is 3. The monoisotopic (exact) mass is 628 g/mol. The van der Waals surface area contributed by atoms with E-state index in [9.17, 15) is 4.79 Å². The summed E-state index contributed by atoms with van der Waals surface area (Å²) in [5.41, 5.74) is 9.38. The third-order valence-electron chi connectivity index (χ3n) is 5.74. The Balaban J connectivity index is 1.34. The molecule has 2 aromatic carbocycles. The number of benzene rings is 2. The molecule has 5 aromatic rings. The second-order valence-corrected chi connectivity index (χ2v) is 11.0. The Morgan fingerprint density at radius 1 is 0.976 bits per heavy atom. The summed E-state index contributed by atoms with van der Waals surface area (Å²) >= 11 is 14.7. The first-order chi connectivity index (χ1) is 19.8. The van der Waals surface area contributed by atoms with Crippen LogP contribution in [0.1, 0.15) is 10.4 Å². The number of hydrogen-bond acceptors (Lipinski definition) is 11. The van der Waals surface area contributed by atoms with Crippen LogP contribution in [-0.4, -0.2) is 42.2 Å². The van der Waals surface area contributed by atoms with Gasteiger partial charge in [0.2, 0.25) is 5.75 Å². The number of carbonyl (C=O) groups is 1. The Bertz CT molecular complexity index is 1720. The number of nitrogens with zero attached hydrogens (tertiary/aromatic N) is 3. The molecule has 0 fully saturated rings. The van der Waals surface area contributed by atoms with Gasteiger partial charge in [-0.3, -0.25) is 4.79 Å². The summed E-state index contributed by atoms with van der Waals surface area (Å²) < 4.78 is 16.2. The second-order valence-electron chi connectivity index (χ2n) is 8.34. The van der Waals surface area contributed by atoms with Gasteiger partial charge in [0.25, 0.3) is 5.91 Å². The first kappa shape index (κ1) is 28.4. The van der Waals surface area contributed by atoms with E-state index >= 15 is 0 Å². The molecular weight excluding hydrogens is 607 g/mol. The number of methoxy groups -OCH3 is 3. The number of aromatic nitrogens is 3. The predicted molar refractivity (Wildman–Crippen MR) is 165 cm³/mol. The third-order valence-corrected chi connectivity index (χ3v) is 8.41. The number of thiazole rings is 2. The van der Waals surface area contributed by atoms with E-state index in [0.29, 0.717) is 44.6 Å². The molecular formula is C27H22Cl2N6O4S2. The van der Waals surface area contributed by atoms with E-state index in [1.807, 2.05) is 23.6 Å². The van der Waals surface area contributed by atoms with Crippen molar-refractivity contribution in [2.24, 2.45) is 0 Å². The van der Waals surface area contributed by atoms with Gasteiger partial charge in [-0.25, -0.2) is 15.0 Å². The maximum atomic E-state index is 12.7. The minimum atomic E-state index is -0.364. The maximum absolute atomic E-state index is 12.7. The molecule has 0 radical (unpaired) electrons. The lowest BCUT2D eigenvalue weighted by Gasteiger charge is -2.14. The molecule has 3 aromatic heterocycles. The quantitative estimate of drug-likeness (QED) is 0.144. The second kappa shape index (κ2) is 12.2. The van der Waals surface area contributed by atoms with E-state index in [0.717, 1.165) is 16.1 Å². The van der Waals surface area contributed by atoms with Crippen LogP contribution in [-0.2, 0) is 0 Å². The molecule has 0 atom stereocenters. The SMILES string of the molecule is COc1cc(Nc2nc(N)c(-c3nc(-c4cccc(NC(=O)c5cnc(Cl)c(Cl)c5)c4)cs3)s2)cc(OC)c1OC. The van der Waals surface area contributed by atoms with E-state index in [-0.39, 0.29) is 21.6 Å². The number of pyridine rings is 1. The van der Waals surface area contributed by atoms with Crippen molar-refractivity contribution in [3.63, 3.8) is 0 Å². The van der Waals surface area contributed by atoms with E-state index in [1.54, 1.807) is 39.5 Å². The molecule has 3 heterocycles. The molecule has 5 rings (SSSR count). The van der Waals surface area contributed by atoms with Gasteiger partial charge in [-0.05, 0) is 18.2 Å². The van der Waals surface area contributed by atoms with Crippen LogP contribution in [0.3, 0.4) is 0 Å². The lowest BCUT2D eigenvalue weighted by Crippen LogP contribution is -2.12. The van der Waals surface area contributed by atoms with Crippen molar-refractivity contribution in [3.8, 4) is 38.4 Å². The van der Waals surface area contributed by atoms with Gasteiger partial charge in [-0.1, -0.05) is 46.7 Å². The largest absolute Gasteiger partial charge is 0.493 e. The average Bonchev–Trinajstić information content (AvgIpc) is 3.60. The van der Waals surface area contributed by atoms with Gasteiger partial charge >= 0.3 is 0 Å². The molecule has 0 aliphatic heterocycles. The van der Waals surface area contributed by atoms with Crippen LogP contribution in [0, 0.1) is 0 Å². The highest BCUT2D eigenvalue weighted by Gasteiger charge is 2.18. The zero-order valence-corrected chi connectivity index (χ0v) is 25.0. The number of nitrogens with one attached hydrogen (secondary N) is 2. The standard InChI is InChI=1S/C27H22Cl2N6O4S2/c1-37-19-9-16(10-20(38-2)21(19)39-3)33-27-35-24(30)22(41-27)26-34-18(12-40-26)13-5-4-6-15(7-13)32-25(36)14-8-17(28)23(29)31-11-14/h4-12H,30H2,1-3H3,(H,32,36)(H,33,35). The molecule has 0 aliphatic rings. The Morgan fingerprint density at radius 2 is 1.73 bits per heavy atom. The van der Waals surface area contributed by atoms with Crippen molar-refractivity contribution in [2.45, 2.75) is 0 Å². The van der Waals surface area contributed by atoms with Crippen molar-refractivity contribution < 1.29 is 19.0 Å². The molecule has 10 nitrogen and oxygen atoms in total. The summed E-state index contributed by atoms with van der Waals surface area (Å²) in [4.78, 5) is 26.6. The van der Waals surface area contributed by atoms with Crippen LogP contribution >= 0.6 is 45.9 Å². The molecule has 0 unspecified atom stereocenters.